The molecule has 1 aromatic rings. The first-order valence-corrected chi connectivity index (χ1v) is 8.71. The van der Waals surface area contributed by atoms with Crippen molar-refractivity contribution in [2.45, 2.75) is 25.9 Å². The number of amides is 1. The van der Waals surface area contributed by atoms with E-state index >= 15 is 0 Å². The first-order chi connectivity index (χ1) is 11.9. The van der Waals surface area contributed by atoms with Crippen molar-refractivity contribution in [2.24, 2.45) is 10.9 Å². The summed E-state index contributed by atoms with van der Waals surface area (Å²) in [7, 11) is 0. The Morgan fingerprint density at radius 1 is 1.24 bits per heavy atom. The predicted octanol–water partition coefficient (Wildman–Crippen LogP) is 1.60. The van der Waals surface area contributed by atoms with Crippen LogP contribution in [0.1, 0.15) is 20.8 Å². The summed E-state index contributed by atoms with van der Waals surface area (Å²) in [5, 5.41) is 2.91. The molecule has 0 bridgehead atoms. The Morgan fingerprint density at radius 2 is 1.84 bits per heavy atom. The Morgan fingerprint density at radius 3 is 2.32 bits per heavy atom. The topological polar surface area (TPSA) is 120 Å². The lowest BCUT2D eigenvalue weighted by atomic mass is 10.2. The zero-order valence-electron chi connectivity index (χ0n) is 14.4. The van der Waals surface area contributed by atoms with Crippen LogP contribution < -0.4 is 5.32 Å². The van der Waals surface area contributed by atoms with E-state index in [1.807, 2.05) is 0 Å². The summed E-state index contributed by atoms with van der Waals surface area (Å²) in [4.78, 5) is 47.3. The second-order valence-electron chi connectivity index (χ2n) is 4.54. The molecule has 1 aromatic heterocycles. The van der Waals surface area contributed by atoms with Gasteiger partial charge in [0.05, 0.1) is 13.2 Å². The maximum atomic E-state index is 11.9. The van der Waals surface area contributed by atoms with Gasteiger partial charge in [-0.1, -0.05) is 11.8 Å². The third kappa shape index (κ3) is 6.87. The van der Waals surface area contributed by atoms with Gasteiger partial charge in [0.2, 0.25) is 5.91 Å². The molecule has 25 heavy (non-hydrogen) atoms. The average molecular weight is 368 g/mol. The number of rotatable bonds is 8. The number of carbonyl (C=O) groups excluding carboxylic acids is 3. The third-order valence-corrected chi connectivity index (χ3v) is 3.16. The summed E-state index contributed by atoms with van der Waals surface area (Å²) in [6.45, 7) is 4.86. The van der Waals surface area contributed by atoms with E-state index in [1.165, 1.54) is 24.8 Å². The first kappa shape index (κ1) is 20.6. The molecule has 1 N–H and O–H groups in total. The number of nitrogens with zero attached hydrogens (tertiary/aromatic N) is 3. The largest absolute Gasteiger partial charge is 0.465 e. The number of esters is 2. The van der Waals surface area contributed by atoms with Gasteiger partial charge >= 0.3 is 11.9 Å². The van der Waals surface area contributed by atoms with Crippen LogP contribution in [0.4, 0.5) is 11.6 Å². The van der Waals surface area contributed by atoms with Gasteiger partial charge in [0.25, 0.3) is 0 Å². The van der Waals surface area contributed by atoms with Gasteiger partial charge in [-0.2, -0.15) is 0 Å². The molecule has 0 spiro atoms. The van der Waals surface area contributed by atoms with Crippen LogP contribution in [-0.4, -0.2) is 53.5 Å². The quantitative estimate of drug-likeness (QED) is 0.241. The second kappa shape index (κ2) is 10.4. The lowest BCUT2D eigenvalue weighted by Crippen LogP contribution is -2.29. The smallest absolute Gasteiger partial charge is 0.325 e. The maximum absolute atomic E-state index is 11.9. The Kier molecular flexibility index (Phi) is 8.54. The molecule has 0 atom stereocenters. The zero-order chi connectivity index (χ0) is 18.8. The lowest BCUT2D eigenvalue weighted by molar-refractivity contribution is -0.157. The zero-order valence-corrected chi connectivity index (χ0v) is 15.3. The molecular weight excluding hydrogens is 348 g/mol. The van der Waals surface area contributed by atoms with E-state index in [0.29, 0.717) is 5.16 Å². The van der Waals surface area contributed by atoms with Crippen molar-refractivity contribution in [2.75, 3.05) is 24.8 Å². The van der Waals surface area contributed by atoms with E-state index in [2.05, 4.69) is 20.3 Å². The Balaban J connectivity index is 3.10. The minimum Gasteiger partial charge on any atom is -0.465 e. The monoisotopic (exact) mass is 368 g/mol. The highest BCUT2D eigenvalue weighted by Gasteiger charge is 2.27. The van der Waals surface area contributed by atoms with Crippen LogP contribution in [0.2, 0.25) is 0 Å². The molecule has 0 unspecified atom stereocenters. The Hall–Kier alpha value is -2.49. The minimum atomic E-state index is -1.29. The number of nitrogens with one attached hydrogen (secondary N) is 1. The normalized spacial score (nSPS) is 10.8. The van der Waals surface area contributed by atoms with Gasteiger partial charge < -0.3 is 14.8 Å². The van der Waals surface area contributed by atoms with Crippen molar-refractivity contribution in [3.8, 4) is 0 Å². The van der Waals surface area contributed by atoms with Crippen LogP contribution in [0.3, 0.4) is 0 Å². The van der Waals surface area contributed by atoms with Gasteiger partial charge in [0.1, 0.15) is 5.82 Å². The number of hydrogen-bond acceptors (Lipinski definition) is 9. The summed E-state index contributed by atoms with van der Waals surface area (Å²) in [6.07, 6.45) is 2.88. The highest BCUT2D eigenvalue weighted by Crippen LogP contribution is 2.19. The minimum absolute atomic E-state index is 0.124. The molecule has 0 aliphatic heterocycles. The number of thioether (sulfide) groups is 1. The Labute approximate surface area is 149 Å². The van der Waals surface area contributed by atoms with Crippen molar-refractivity contribution >= 4 is 47.5 Å². The van der Waals surface area contributed by atoms with Crippen LogP contribution in [0.25, 0.3) is 0 Å². The molecule has 0 aliphatic rings. The molecule has 0 radical (unpaired) electrons. The van der Waals surface area contributed by atoms with Gasteiger partial charge in [0.15, 0.2) is 16.9 Å². The lowest BCUT2D eigenvalue weighted by Gasteiger charge is -2.10. The molecule has 9 nitrogen and oxygen atoms in total. The van der Waals surface area contributed by atoms with Crippen molar-refractivity contribution in [3.05, 3.63) is 6.07 Å². The van der Waals surface area contributed by atoms with E-state index in [-0.39, 0.29) is 30.8 Å². The van der Waals surface area contributed by atoms with Crippen molar-refractivity contribution in [1.29, 1.82) is 0 Å². The molecule has 0 aliphatic carbocycles. The number of aliphatic imine (C=N–C) groups is 1. The van der Waals surface area contributed by atoms with Gasteiger partial charge in [-0.3, -0.25) is 14.4 Å². The van der Waals surface area contributed by atoms with Crippen LogP contribution in [-0.2, 0) is 23.9 Å². The van der Waals surface area contributed by atoms with Crippen LogP contribution in [0.15, 0.2) is 16.2 Å². The number of anilines is 1. The summed E-state index contributed by atoms with van der Waals surface area (Å²) >= 11 is 1.26. The fraction of sp³-hybridized carbons (Fsp3) is 0.467. The fourth-order valence-electron chi connectivity index (χ4n) is 1.65. The average Bonchev–Trinajstić information content (AvgIpc) is 2.54. The van der Waals surface area contributed by atoms with Gasteiger partial charge in [-0.25, -0.2) is 15.0 Å². The first-order valence-electron chi connectivity index (χ1n) is 7.49. The van der Waals surface area contributed by atoms with Crippen LogP contribution in [0.5, 0.6) is 0 Å². The number of hydrogen-bond donors (Lipinski definition) is 1. The molecule has 1 heterocycles. The SMILES string of the molecule is CCOC(=O)C(C=Nc1cc(NC(C)=O)nc(SC)n1)C(=O)OCC. The van der Waals surface area contributed by atoms with Crippen molar-refractivity contribution in [1.82, 2.24) is 9.97 Å². The van der Waals surface area contributed by atoms with Gasteiger partial charge in [-0.05, 0) is 20.1 Å². The predicted molar refractivity (Wildman–Crippen MR) is 93.0 cm³/mol. The van der Waals surface area contributed by atoms with E-state index in [4.69, 9.17) is 9.47 Å². The summed E-state index contributed by atoms with van der Waals surface area (Å²) in [5.41, 5.74) is 0. The van der Waals surface area contributed by atoms with Gasteiger partial charge in [-0.15, -0.1) is 0 Å². The number of carbonyl (C=O) groups is 3. The molecule has 1 rings (SSSR count). The molecule has 10 heteroatoms. The molecule has 136 valence electrons. The Bertz CT molecular complexity index is 647. The van der Waals surface area contributed by atoms with Crippen LogP contribution in [0, 0.1) is 5.92 Å². The highest BCUT2D eigenvalue weighted by atomic mass is 32.2. The van der Waals surface area contributed by atoms with Crippen molar-refractivity contribution in [3.63, 3.8) is 0 Å². The summed E-state index contributed by atoms with van der Waals surface area (Å²) in [5.74, 6) is -2.66. The van der Waals surface area contributed by atoms with E-state index in [0.717, 1.165) is 6.21 Å². The highest BCUT2D eigenvalue weighted by molar-refractivity contribution is 7.98. The van der Waals surface area contributed by atoms with E-state index in [1.54, 1.807) is 20.1 Å². The molecule has 0 saturated heterocycles. The molecule has 1 amide bonds. The molecule has 0 aromatic carbocycles. The van der Waals surface area contributed by atoms with Crippen LogP contribution >= 0.6 is 11.8 Å². The van der Waals surface area contributed by atoms with E-state index in [9.17, 15) is 14.4 Å². The number of ether oxygens (including phenoxy) is 2. The standard InChI is InChI=1S/C15H20N4O5S/c1-5-23-13(21)10(14(22)24-6-2)8-16-11-7-12(17-9(3)20)19-15(18-11)25-4/h7-8,10H,5-6H2,1-4H3,(H,17,18,19,20). The summed E-state index contributed by atoms with van der Waals surface area (Å²) < 4.78 is 9.71. The molecule has 0 fully saturated rings. The fourth-order valence-corrected chi connectivity index (χ4v) is 2.02. The number of aromatic nitrogens is 2. The molecular formula is C15H20N4O5S. The van der Waals surface area contributed by atoms with Gasteiger partial charge in [0, 0.05) is 19.2 Å². The summed E-state index contributed by atoms with van der Waals surface area (Å²) in [6, 6.07) is 1.42. The van der Waals surface area contributed by atoms with E-state index < -0.39 is 17.9 Å². The third-order valence-electron chi connectivity index (χ3n) is 2.62. The molecule has 0 saturated carbocycles. The van der Waals surface area contributed by atoms with Crippen molar-refractivity contribution < 1.29 is 23.9 Å². The second-order valence-corrected chi connectivity index (χ2v) is 5.31. The maximum Gasteiger partial charge on any atom is 0.325 e.